The Hall–Kier alpha value is -2.51. The van der Waals surface area contributed by atoms with Crippen molar-refractivity contribution < 1.29 is 28.7 Å². The summed E-state index contributed by atoms with van der Waals surface area (Å²) in [6, 6.07) is -1.20. The van der Waals surface area contributed by atoms with Crippen LogP contribution in [-0.4, -0.2) is 59.3 Å². The number of nitrogens with two attached hydrogens (primary N) is 1. The maximum absolute atomic E-state index is 11.8. The van der Waals surface area contributed by atoms with Gasteiger partial charge in [-0.25, -0.2) is 9.55 Å². The summed E-state index contributed by atoms with van der Waals surface area (Å²) in [4.78, 5) is 42.1. The Bertz CT molecular complexity index is 977. The van der Waals surface area contributed by atoms with E-state index in [1.165, 1.54) is 10.9 Å². The number of ether oxygens (including phenoxy) is 1. The van der Waals surface area contributed by atoms with E-state index in [1.54, 1.807) is 0 Å². The van der Waals surface area contributed by atoms with Crippen LogP contribution >= 0.6 is 7.82 Å². The van der Waals surface area contributed by atoms with Gasteiger partial charge in [-0.15, -0.1) is 0 Å². The molecule has 1 aliphatic heterocycles. The summed E-state index contributed by atoms with van der Waals surface area (Å²) in [5.74, 6) is -0.190. The van der Waals surface area contributed by atoms with Crippen LogP contribution in [0.25, 0.3) is 21.6 Å². The van der Waals surface area contributed by atoms with Crippen molar-refractivity contribution in [2.24, 2.45) is 5.11 Å². The molecule has 140 valence electrons. The predicted octanol–water partition coefficient (Wildman–Crippen LogP) is -1.25. The highest BCUT2D eigenvalue weighted by Crippen LogP contribution is 2.39. The van der Waals surface area contributed by atoms with E-state index in [-0.39, 0.29) is 17.1 Å². The molecule has 15 nitrogen and oxygen atoms in total. The SMILES string of the molecule is [N-]=[N+]=N[C@@H]1[C@H](O)[C@@H](COP(=O)(O)O)O[C@H]1n1cnc2c(=O)[nH]c(N)nc21. The number of azide groups is 1. The van der Waals surface area contributed by atoms with Gasteiger partial charge in [-0.05, 0) is 5.53 Å². The molecule has 2 aromatic rings. The third-order valence-electron chi connectivity index (χ3n) is 3.65. The van der Waals surface area contributed by atoms with E-state index < -0.39 is 44.5 Å². The van der Waals surface area contributed by atoms with Crippen molar-refractivity contribution in [2.75, 3.05) is 12.3 Å². The molecular formula is C10H13N8O7P. The minimum Gasteiger partial charge on any atom is -0.390 e. The first kappa shape index (κ1) is 18.3. The number of hydrogen-bond acceptors (Lipinski definition) is 9. The number of rotatable bonds is 5. The van der Waals surface area contributed by atoms with Gasteiger partial charge in [0, 0.05) is 4.91 Å². The number of aliphatic hydroxyl groups excluding tert-OH is 1. The second-order valence-electron chi connectivity index (χ2n) is 5.31. The van der Waals surface area contributed by atoms with Crippen LogP contribution < -0.4 is 11.3 Å². The highest BCUT2D eigenvalue weighted by Gasteiger charge is 2.45. The van der Waals surface area contributed by atoms with Gasteiger partial charge in [0.15, 0.2) is 11.2 Å². The Morgan fingerprint density at radius 1 is 1.58 bits per heavy atom. The number of H-pyrrole nitrogens is 1. The first-order chi connectivity index (χ1) is 12.2. The number of anilines is 1. The van der Waals surface area contributed by atoms with Crippen LogP contribution in [0, 0.1) is 0 Å². The van der Waals surface area contributed by atoms with Gasteiger partial charge in [-0.2, -0.15) is 4.98 Å². The number of phosphoric ester groups is 1. The number of nitrogens with one attached hydrogen (secondary N) is 1. The van der Waals surface area contributed by atoms with E-state index in [9.17, 15) is 14.5 Å². The Morgan fingerprint density at radius 2 is 2.31 bits per heavy atom. The molecule has 4 atom stereocenters. The minimum atomic E-state index is -4.80. The Kier molecular flexibility index (Phi) is 4.68. The van der Waals surface area contributed by atoms with Crippen molar-refractivity contribution >= 4 is 24.9 Å². The van der Waals surface area contributed by atoms with Gasteiger partial charge in [0.2, 0.25) is 5.95 Å². The summed E-state index contributed by atoms with van der Waals surface area (Å²) in [5, 5.41) is 13.7. The van der Waals surface area contributed by atoms with E-state index in [1.807, 2.05) is 0 Å². The molecule has 1 fully saturated rings. The van der Waals surface area contributed by atoms with Crippen molar-refractivity contribution in [1.29, 1.82) is 0 Å². The Morgan fingerprint density at radius 3 is 2.96 bits per heavy atom. The fourth-order valence-corrected chi connectivity index (χ4v) is 2.92. The number of aromatic nitrogens is 4. The largest absolute Gasteiger partial charge is 0.469 e. The van der Waals surface area contributed by atoms with Crippen molar-refractivity contribution in [1.82, 2.24) is 19.5 Å². The van der Waals surface area contributed by atoms with Crippen molar-refractivity contribution in [3.8, 4) is 0 Å². The molecule has 3 rings (SSSR count). The van der Waals surface area contributed by atoms with Gasteiger partial charge >= 0.3 is 7.82 Å². The monoisotopic (exact) mass is 388 g/mol. The lowest BCUT2D eigenvalue weighted by Gasteiger charge is -2.17. The second kappa shape index (κ2) is 6.66. The van der Waals surface area contributed by atoms with E-state index in [2.05, 4.69) is 29.5 Å². The number of phosphoric acid groups is 1. The first-order valence-electron chi connectivity index (χ1n) is 7.01. The number of nitrogens with zero attached hydrogens (tertiary/aromatic N) is 6. The van der Waals surface area contributed by atoms with Gasteiger partial charge in [0.1, 0.15) is 18.4 Å². The summed E-state index contributed by atoms with van der Waals surface area (Å²) in [7, 11) is -4.80. The van der Waals surface area contributed by atoms with E-state index in [0.717, 1.165) is 0 Å². The summed E-state index contributed by atoms with van der Waals surface area (Å²) in [6.07, 6.45) is -2.65. The highest BCUT2D eigenvalue weighted by atomic mass is 31.2. The van der Waals surface area contributed by atoms with Crippen LogP contribution in [0.1, 0.15) is 6.23 Å². The molecule has 1 aliphatic rings. The molecule has 0 bridgehead atoms. The zero-order valence-corrected chi connectivity index (χ0v) is 13.7. The normalized spacial score (nSPS) is 26.1. The molecule has 3 heterocycles. The molecule has 6 N–H and O–H groups in total. The molecule has 0 spiro atoms. The average Bonchev–Trinajstić information content (AvgIpc) is 3.08. The summed E-state index contributed by atoms with van der Waals surface area (Å²) in [5.41, 5.74) is 13.6. The fourth-order valence-electron chi connectivity index (χ4n) is 2.58. The molecule has 0 aromatic carbocycles. The summed E-state index contributed by atoms with van der Waals surface area (Å²) in [6.45, 7) is -0.665. The van der Waals surface area contributed by atoms with Crippen LogP contribution in [-0.2, 0) is 13.8 Å². The first-order valence-corrected chi connectivity index (χ1v) is 8.54. The highest BCUT2D eigenvalue weighted by molar-refractivity contribution is 7.46. The lowest BCUT2D eigenvalue weighted by atomic mass is 10.1. The van der Waals surface area contributed by atoms with Crippen LogP contribution in [0.5, 0.6) is 0 Å². The summed E-state index contributed by atoms with van der Waals surface area (Å²) >= 11 is 0. The molecule has 26 heavy (non-hydrogen) atoms. The van der Waals surface area contributed by atoms with Crippen molar-refractivity contribution in [2.45, 2.75) is 24.5 Å². The van der Waals surface area contributed by atoms with Crippen LogP contribution in [0.4, 0.5) is 5.95 Å². The van der Waals surface area contributed by atoms with Gasteiger partial charge in [0.05, 0.1) is 19.0 Å². The molecular weight excluding hydrogens is 375 g/mol. The number of aromatic amines is 1. The lowest BCUT2D eigenvalue weighted by molar-refractivity contribution is -0.0428. The molecule has 0 saturated carbocycles. The number of imidazole rings is 1. The fraction of sp³-hybridized carbons (Fsp3) is 0.500. The number of hydrogen-bond donors (Lipinski definition) is 5. The molecule has 2 aromatic heterocycles. The van der Waals surface area contributed by atoms with Crippen molar-refractivity contribution in [3.05, 3.63) is 27.1 Å². The van der Waals surface area contributed by atoms with Crippen LogP contribution in [0.2, 0.25) is 0 Å². The molecule has 0 unspecified atom stereocenters. The maximum atomic E-state index is 11.8. The van der Waals surface area contributed by atoms with E-state index in [4.69, 9.17) is 25.8 Å². The van der Waals surface area contributed by atoms with Crippen molar-refractivity contribution in [3.63, 3.8) is 0 Å². The molecule has 16 heteroatoms. The standard InChI is InChI=1S/C10H13N8O7P/c11-10-14-7-5(8(20)15-10)13-2-18(7)9-4(16-17-12)6(19)3(25-9)1-24-26(21,22)23/h2-4,6,9,19H,1H2,(H2,21,22,23)(H3,11,14,15,20)/t3-,4-,6-,9-/m1/s1. The smallest absolute Gasteiger partial charge is 0.390 e. The van der Waals surface area contributed by atoms with E-state index in [0.29, 0.717) is 0 Å². The lowest BCUT2D eigenvalue weighted by Crippen LogP contribution is -2.32. The molecule has 0 aliphatic carbocycles. The quantitative estimate of drug-likeness (QED) is 0.176. The third-order valence-corrected chi connectivity index (χ3v) is 4.14. The molecule has 0 radical (unpaired) electrons. The Labute approximate surface area is 143 Å². The van der Waals surface area contributed by atoms with Gasteiger partial charge in [0.25, 0.3) is 5.56 Å². The second-order valence-corrected chi connectivity index (χ2v) is 6.55. The minimum absolute atomic E-state index is 0.0122. The summed E-state index contributed by atoms with van der Waals surface area (Å²) < 4.78 is 21.9. The topological polar surface area (TPSA) is 235 Å². The van der Waals surface area contributed by atoms with Gasteiger partial charge in [-0.3, -0.25) is 18.9 Å². The molecule has 0 amide bonds. The van der Waals surface area contributed by atoms with Gasteiger partial charge < -0.3 is 25.4 Å². The zero-order chi connectivity index (χ0) is 19.1. The number of fused-ring (bicyclic) bond motifs is 1. The van der Waals surface area contributed by atoms with Crippen LogP contribution in [0.15, 0.2) is 16.2 Å². The number of aliphatic hydroxyl groups is 1. The van der Waals surface area contributed by atoms with Crippen LogP contribution in [0.3, 0.4) is 0 Å². The third kappa shape index (κ3) is 3.40. The predicted molar refractivity (Wildman–Crippen MR) is 83.4 cm³/mol. The zero-order valence-electron chi connectivity index (χ0n) is 12.8. The Balaban J connectivity index is 1.99. The number of nitrogen functional groups attached to an aromatic ring is 1. The van der Waals surface area contributed by atoms with Gasteiger partial charge in [-0.1, -0.05) is 5.11 Å². The average molecular weight is 388 g/mol. The van der Waals surface area contributed by atoms with E-state index >= 15 is 0 Å². The molecule has 1 saturated heterocycles. The maximum Gasteiger partial charge on any atom is 0.469 e.